The predicted octanol–water partition coefficient (Wildman–Crippen LogP) is 3.58. The fraction of sp³-hybridized carbons (Fsp3) is 0.476. The zero-order chi connectivity index (χ0) is 19.6. The van der Waals surface area contributed by atoms with Crippen molar-refractivity contribution in [1.29, 1.82) is 0 Å². The molecule has 1 fully saturated rings. The van der Waals surface area contributed by atoms with Crippen molar-refractivity contribution in [2.24, 2.45) is 5.41 Å². The van der Waals surface area contributed by atoms with Gasteiger partial charge in [0.25, 0.3) is 0 Å². The minimum atomic E-state index is -0.345. The molecule has 6 heteroatoms. The van der Waals surface area contributed by atoms with Crippen LogP contribution in [0.5, 0.6) is 11.6 Å². The molecule has 1 aromatic heterocycles. The van der Waals surface area contributed by atoms with Crippen LogP contribution in [-0.4, -0.2) is 47.0 Å². The Kier molecular flexibility index (Phi) is 5.35. The maximum absolute atomic E-state index is 12.5. The van der Waals surface area contributed by atoms with Gasteiger partial charge in [-0.05, 0) is 26.0 Å². The summed E-state index contributed by atoms with van der Waals surface area (Å²) in [4.78, 5) is 25.5. The van der Waals surface area contributed by atoms with Crippen molar-refractivity contribution in [2.45, 2.75) is 34.6 Å². The zero-order valence-corrected chi connectivity index (χ0v) is 16.8. The van der Waals surface area contributed by atoms with Crippen molar-refractivity contribution in [3.8, 4) is 11.6 Å². The van der Waals surface area contributed by atoms with Gasteiger partial charge in [0.1, 0.15) is 17.4 Å². The van der Waals surface area contributed by atoms with Gasteiger partial charge in [0.15, 0.2) is 0 Å². The molecule has 2 aromatic rings. The van der Waals surface area contributed by atoms with Crippen molar-refractivity contribution in [2.75, 3.05) is 31.1 Å². The number of hydrogen-bond donors (Lipinski definition) is 0. The first kappa shape index (κ1) is 19.1. The number of benzene rings is 1. The molecule has 0 N–H and O–H groups in total. The lowest BCUT2D eigenvalue weighted by Crippen LogP contribution is -2.51. The van der Waals surface area contributed by atoms with Crippen LogP contribution in [0, 0.1) is 19.3 Å². The van der Waals surface area contributed by atoms with E-state index in [1.54, 1.807) is 0 Å². The van der Waals surface area contributed by atoms with E-state index in [1.165, 1.54) is 5.56 Å². The maximum Gasteiger partial charge on any atom is 0.228 e. The molecule has 1 amide bonds. The average molecular weight is 368 g/mol. The lowest BCUT2D eigenvalue weighted by Gasteiger charge is -2.38. The molecule has 0 saturated carbocycles. The molecule has 6 nitrogen and oxygen atoms in total. The van der Waals surface area contributed by atoms with Gasteiger partial charge < -0.3 is 14.5 Å². The molecule has 1 saturated heterocycles. The Morgan fingerprint density at radius 2 is 1.63 bits per heavy atom. The van der Waals surface area contributed by atoms with E-state index in [1.807, 2.05) is 69.9 Å². The van der Waals surface area contributed by atoms with Crippen molar-refractivity contribution in [1.82, 2.24) is 14.9 Å². The van der Waals surface area contributed by atoms with E-state index in [4.69, 9.17) is 4.74 Å². The average Bonchev–Trinajstić information content (AvgIpc) is 2.62. The highest BCUT2D eigenvalue weighted by Crippen LogP contribution is 2.25. The number of carbonyl (C=O) groups is 1. The smallest absolute Gasteiger partial charge is 0.228 e. The number of aromatic nitrogens is 2. The highest BCUT2D eigenvalue weighted by molar-refractivity contribution is 5.81. The van der Waals surface area contributed by atoms with Crippen LogP contribution in [-0.2, 0) is 4.79 Å². The molecule has 1 aliphatic rings. The predicted molar refractivity (Wildman–Crippen MR) is 106 cm³/mol. The number of hydrogen-bond acceptors (Lipinski definition) is 5. The molecule has 0 radical (unpaired) electrons. The summed E-state index contributed by atoms with van der Waals surface area (Å²) >= 11 is 0. The molecule has 0 aliphatic carbocycles. The zero-order valence-electron chi connectivity index (χ0n) is 16.8. The van der Waals surface area contributed by atoms with Gasteiger partial charge in [0, 0.05) is 37.7 Å². The van der Waals surface area contributed by atoms with Crippen molar-refractivity contribution >= 4 is 11.7 Å². The molecule has 0 bridgehead atoms. The standard InChI is InChI=1S/C21H28N4O2/c1-15-6-8-17(9-7-15)27-19-14-18(22-16(2)23-19)24-10-12-25(13-11-24)20(26)21(3,4)5/h6-9,14H,10-13H2,1-5H3. The monoisotopic (exact) mass is 368 g/mol. The van der Waals surface area contributed by atoms with Gasteiger partial charge in [-0.25, -0.2) is 4.98 Å². The number of rotatable bonds is 3. The van der Waals surface area contributed by atoms with Gasteiger partial charge in [-0.3, -0.25) is 4.79 Å². The third-order valence-corrected chi connectivity index (χ3v) is 4.58. The molecule has 0 unspecified atom stereocenters. The quantitative estimate of drug-likeness (QED) is 0.829. The van der Waals surface area contributed by atoms with Gasteiger partial charge in [-0.1, -0.05) is 38.5 Å². The molecule has 144 valence electrons. The second-order valence-corrected chi connectivity index (χ2v) is 8.06. The van der Waals surface area contributed by atoms with E-state index in [2.05, 4.69) is 14.9 Å². The summed E-state index contributed by atoms with van der Waals surface area (Å²) in [5, 5.41) is 0. The fourth-order valence-electron chi connectivity index (χ4n) is 3.08. The number of nitrogens with zero attached hydrogens (tertiary/aromatic N) is 4. The van der Waals surface area contributed by atoms with E-state index in [9.17, 15) is 4.79 Å². The van der Waals surface area contributed by atoms with Gasteiger partial charge in [-0.2, -0.15) is 4.98 Å². The summed E-state index contributed by atoms with van der Waals surface area (Å²) in [6.45, 7) is 12.7. The van der Waals surface area contributed by atoms with Gasteiger partial charge >= 0.3 is 0 Å². The second kappa shape index (κ2) is 7.55. The minimum absolute atomic E-state index is 0.199. The Morgan fingerprint density at radius 1 is 1.00 bits per heavy atom. The third-order valence-electron chi connectivity index (χ3n) is 4.58. The SMILES string of the molecule is Cc1ccc(Oc2cc(N3CCN(C(=O)C(C)(C)C)CC3)nc(C)n2)cc1. The van der Waals surface area contributed by atoms with E-state index < -0.39 is 0 Å². The van der Waals surface area contributed by atoms with Crippen molar-refractivity contribution in [3.05, 3.63) is 41.7 Å². The van der Waals surface area contributed by atoms with Gasteiger partial charge in [-0.15, -0.1) is 0 Å². The second-order valence-electron chi connectivity index (χ2n) is 8.06. The molecular weight excluding hydrogens is 340 g/mol. The van der Waals surface area contributed by atoms with E-state index in [-0.39, 0.29) is 11.3 Å². The summed E-state index contributed by atoms with van der Waals surface area (Å²) < 4.78 is 5.91. The summed E-state index contributed by atoms with van der Waals surface area (Å²) in [6, 6.07) is 9.76. The molecule has 27 heavy (non-hydrogen) atoms. The molecule has 0 spiro atoms. The topological polar surface area (TPSA) is 58.6 Å². The minimum Gasteiger partial charge on any atom is -0.439 e. The van der Waals surface area contributed by atoms with Crippen LogP contribution < -0.4 is 9.64 Å². The Morgan fingerprint density at radius 3 is 2.22 bits per heavy atom. The van der Waals surface area contributed by atoms with Crippen molar-refractivity contribution < 1.29 is 9.53 Å². The summed E-state index contributed by atoms with van der Waals surface area (Å²) in [5.41, 5.74) is 0.840. The van der Waals surface area contributed by atoms with E-state index >= 15 is 0 Å². The Bertz CT molecular complexity index is 804. The molecule has 3 rings (SSSR count). The third kappa shape index (κ3) is 4.76. The van der Waals surface area contributed by atoms with E-state index in [0.29, 0.717) is 24.8 Å². The number of piperazine rings is 1. The summed E-state index contributed by atoms with van der Waals surface area (Å²) in [7, 11) is 0. The summed E-state index contributed by atoms with van der Waals surface area (Å²) in [5.74, 6) is 3.00. The first-order valence-corrected chi connectivity index (χ1v) is 9.37. The number of ether oxygens (including phenoxy) is 1. The molecule has 1 aromatic carbocycles. The van der Waals surface area contributed by atoms with Crippen LogP contribution in [0.4, 0.5) is 5.82 Å². The number of carbonyl (C=O) groups excluding carboxylic acids is 1. The molecular formula is C21H28N4O2. The first-order chi connectivity index (χ1) is 12.7. The van der Waals surface area contributed by atoms with Crippen molar-refractivity contribution in [3.63, 3.8) is 0 Å². The van der Waals surface area contributed by atoms with Crippen LogP contribution >= 0.6 is 0 Å². The van der Waals surface area contributed by atoms with Crippen LogP contribution in [0.2, 0.25) is 0 Å². The van der Waals surface area contributed by atoms with Crippen LogP contribution in [0.25, 0.3) is 0 Å². The lowest BCUT2D eigenvalue weighted by molar-refractivity contribution is -0.139. The Balaban J connectivity index is 1.70. The highest BCUT2D eigenvalue weighted by Gasteiger charge is 2.30. The Hall–Kier alpha value is -2.63. The van der Waals surface area contributed by atoms with Crippen LogP contribution in [0.1, 0.15) is 32.2 Å². The highest BCUT2D eigenvalue weighted by atomic mass is 16.5. The molecule has 1 aliphatic heterocycles. The van der Waals surface area contributed by atoms with Gasteiger partial charge in [0.05, 0.1) is 0 Å². The van der Waals surface area contributed by atoms with Crippen LogP contribution in [0.15, 0.2) is 30.3 Å². The van der Waals surface area contributed by atoms with Gasteiger partial charge in [0.2, 0.25) is 11.8 Å². The molecule has 0 atom stereocenters. The number of anilines is 1. The summed E-state index contributed by atoms with van der Waals surface area (Å²) in [6.07, 6.45) is 0. The fourth-order valence-corrected chi connectivity index (χ4v) is 3.08. The first-order valence-electron chi connectivity index (χ1n) is 9.37. The number of aryl methyl sites for hydroxylation is 2. The van der Waals surface area contributed by atoms with Crippen LogP contribution in [0.3, 0.4) is 0 Å². The maximum atomic E-state index is 12.5. The Labute approximate surface area is 161 Å². The molecule has 2 heterocycles. The van der Waals surface area contributed by atoms with E-state index in [0.717, 1.165) is 24.7 Å². The lowest BCUT2D eigenvalue weighted by atomic mass is 9.94. The largest absolute Gasteiger partial charge is 0.439 e. The number of amides is 1. The normalized spacial score (nSPS) is 15.0.